The summed E-state index contributed by atoms with van der Waals surface area (Å²) >= 11 is 0. The molecule has 2 aromatic rings. The van der Waals surface area contributed by atoms with Crippen LogP contribution in [0.1, 0.15) is 0 Å². The van der Waals surface area contributed by atoms with Gasteiger partial charge in [-0.25, -0.2) is 9.55 Å². The number of fused-ring (bicyclic) bond motifs is 1. The Labute approximate surface area is 76.0 Å². The van der Waals surface area contributed by atoms with Gasteiger partial charge in [-0.05, 0) is 0 Å². The molecule has 0 aliphatic carbocycles. The van der Waals surface area contributed by atoms with Gasteiger partial charge in [0.15, 0.2) is 5.52 Å². The second-order valence-corrected chi connectivity index (χ2v) is 2.98. The van der Waals surface area contributed by atoms with E-state index in [1.54, 1.807) is 12.7 Å². The highest BCUT2D eigenvalue weighted by Crippen LogP contribution is 2.13. The van der Waals surface area contributed by atoms with Crippen molar-refractivity contribution in [1.29, 1.82) is 0 Å². The van der Waals surface area contributed by atoms with Crippen molar-refractivity contribution in [3.05, 3.63) is 12.7 Å². The number of hydrogen-bond donors (Lipinski definition) is 1. The van der Waals surface area contributed by atoms with Crippen molar-refractivity contribution in [1.82, 2.24) is 14.5 Å². The molecule has 5 heteroatoms. The predicted molar refractivity (Wildman–Crippen MR) is 49.2 cm³/mol. The molecule has 0 saturated heterocycles. The van der Waals surface area contributed by atoms with Gasteiger partial charge in [-0.15, -0.1) is 0 Å². The predicted octanol–water partition coefficient (Wildman–Crippen LogP) is -0.166. The molecule has 0 aliphatic heterocycles. The van der Waals surface area contributed by atoms with Crippen molar-refractivity contribution in [2.45, 2.75) is 0 Å². The Morgan fingerprint density at radius 3 is 2.92 bits per heavy atom. The number of anilines is 1. The van der Waals surface area contributed by atoms with E-state index in [0.717, 1.165) is 17.0 Å². The lowest BCUT2D eigenvalue weighted by atomic mass is 10.5. The highest BCUT2D eigenvalue weighted by atomic mass is 15.2. The third-order valence-corrected chi connectivity index (χ3v) is 2.07. The number of nitrogens with one attached hydrogen (secondary N) is 1. The molecular formula is C8H12N5+. The van der Waals surface area contributed by atoms with Gasteiger partial charge in [0.05, 0.1) is 13.4 Å². The molecular weight excluding hydrogens is 166 g/mol. The molecule has 2 heterocycles. The number of imidazole rings is 1. The highest BCUT2D eigenvalue weighted by molar-refractivity contribution is 5.80. The van der Waals surface area contributed by atoms with Gasteiger partial charge >= 0.3 is 0 Å². The molecule has 0 unspecified atom stereocenters. The SMILES string of the molecule is CNc1c2ncn(C)c2nc[n+]1C. The van der Waals surface area contributed by atoms with E-state index in [9.17, 15) is 0 Å². The first-order valence-electron chi connectivity index (χ1n) is 4.07. The van der Waals surface area contributed by atoms with Crippen LogP contribution >= 0.6 is 0 Å². The van der Waals surface area contributed by atoms with E-state index >= 15 is 0 Å². The average Bonchev–Trinajstić information content (AvgIpc) is 2.48. The van der Waals surface area contributed by atoms with Gasteiger partial charge in [0.2, 0.25) is 12.0 Å². The van der Waals surface area contributed by atoms with E-state index in [1.165, 1.54) is 0 Å². The van der Waals surface area contributed by atoms with Crippen molar-refractivity contribution in [2.24, 2.45) is 14.1 Å². The molecule has 68 valence electrons. The van der Waals surface area contributed by atoms with Crippen molar-refractivity contribution >= 4 is 17.0 Å². The fraction of sp³-hybridized carbons (Fsp3) is 0.375. The first-order valence-corrected chi connectivity index (χ1v) is 4.07. The van der Waals surface area contributed by atoms with E-state index in [-0.39, 0.29) is 0 Å². The fourth-order valence-corrected chi connectivity index (χ4v) is 1.40. The minimum atomic E-state index is 0.891. The average molecular weight is 178 g/mol. The lowest BCUT2D eigenvalue weighted by Gasteiger charge is -1.99. The van der Waals surface area contributed by atoms with Crippen molar-refractivity contribution in [3.63, 3.8) is 0 Å². The minimum absolute atomic E-state index is 0.891. The summed E-state index contributed by atoms with van der Waals surface area (Å²) in [5.74, 6) is 0.977. The van der Waals surface area contributed by atoms with Gasteiger partial charge in [-0.1, -0.05) is 4.98 Å². The number of nitrogens with zero attached hydrogens (tertiary/aromatic N) is 4. The molecule has 0 saturated carbocycles. The van der Waals surface area contributed by atoms with Crippen molar-refractivity contribution in [3.8, 4) is 0 Å². The van der Waals surface area contributed by atoms with Crippen LogP contribution in [-0.4, -0.2) is 21.6 Å². The molecule has 2 aromatic heterocycles. The van der Waals surface area contributed by atoms with Crippen LogP contribution in [0.3, 0.4) is 0 Å². The Kier molecular flexibility index (Phi) is 1.65. The molecule has 0 bridgehead atoms. The maximum Gasteiger partial charge on any atom is 0.252 e. The van der Waals surface area contributed by atoms with Crippen LogP contribution in [0.15, 0.2) is 12.7 Å². The van der Waals surface area contributed by atoms with Gasteiger partial charge in [-0.2, -0.15) is 0 Å². The third-order valence-electron chi connectivity index (χ3n) is 2.07. The fourth-order valence-electron chi connectivity index (χ4n) is 1.40. The molecule has 0 fully saturated rings. The summed E-state index contributed by atoms with van der Waals surface area (Å²) in [6.45, 7) is 0. The zero-order chi connectivity index (χ0) is 9.42. The van der Waals surface area contributed by atoms with Crippen LogP contribution < -0.4 is 9.88 Å². The highest BCUT2D eigenvalue weighted by Gasteiger charge is 2.14. The van der Waals surface area contributed by atoms with Gasteiger partial charge in [-0.3, -0.25) is 0 Å². The van der Waals surface area contributed by atoms with Crippen LogP contribution in [0.4, 0.5) is 5.82 Å². The molecule has 1 N–H and O–H groups in total. The van der Waals surface area contributed by atoms with Crippen LogP contribution in [0, 0.1) is 0 Å². The van der Waals surface area contributed by atoms with Crippen molar-refractivity contribution in [2.75, 3.05) is 12.4 Å². The normalized spacial score (nSPS) is 10.7. The molecule has 0 aliphatic rings. The summed E-state index contributed by atoms with van der Waals surface area (Å²) in [6.07, 6.45) is 3.54. The lowest BCUT2D eigenvalue weighted by Crippen LogP contribution is -2.32. The second-order valence-electron chi connectivity index (χ2n) is 2.98. The van der Waals surface area contributed by atoms with E-state index < -0.39 is 0 Å². The Morgan fingerprint density at radius 2 is 2.23 bits per heavy atom. The third kappa shape index (κ3) is 1.04. The summed E-state index contributed by atoms with van der Waals surface area (Å²) in [6, 6.07) is 0. The Morgan fingerprint density at radius 1 is 1.46 bits per heavy atom. The van der Waals surface area contributed by atoms with Crippen molar-refractivity contribution < 1.29 is 4.57 Å². The van der Waals surface area contributed by atoms with E-state index in [2.05, 4.69) is 15.3 Å². The molecule has 0 atom stereocenters. The van der Waals surface area contributed by atoms with Gasteiger partial charge in [0, 0.05) is 14.1 Å². The van der Waals surface area contributed by atoms with Gasteiger partial charge in [0.25, 0.3) is 5.82 Å². The Bertz CT molecular complexity index is 445. The van der Waals surface area contributed by atoms with E-state index in [4.69, 9.17) is 0 Å². The molecule has 13 heavy (non-hydrogen) atoms. The summed E-state index contributed by atoms with van der Waals surface area (Å²) in [5.41, 5.74) is 1.79. The van der Waals surface area contributed by atoms with Crippen LogP contribution in [0.2, 0.25) is 0 Å². The number of rotatable bonds is 1. The van der Waals surface area contributed by atoms with Crippen LogP contribution in [-0.2, 0) is 14.1 Å². The number of hydrogen-bond acceptors (Lipinski definition) is 3. The number of aryl methyl sites for hydroxylation is 2. The molecule has 0 radical (unpaired) electrons. The maximum absolute atomic E-state index is 4.27. The minimum Gasteiger partial charge on any atom is -0.306 e. The monoisotopic (exact) mass is 178 g/mol. The topological polar surface area (TPSA) is 46.6 Å². The zero-order valence-corrected chi connectivity index (χ0v) is 7.94. The molecule has 0 amide bonds. The van der Waals surface area contributed by atoms with Crippen LogP contribution in [0.25, 0.3) is 11.2 Å². The summed E-state index contributed by atoms with van der Waals surface area (Å²) in [5, 5.41) is 3.10. The second kappa shape index (κ2) is 2.69. The summed E-state index contributed by atoms with van der Waals surface area (Å²) in [4.78, 5) is 8.54. The van der Waals surface area contributed by atoms with E-state index in [0.29, 0.717) is 0 Å². The van der Waals surface area contributed by atoms with Gasteiger partial charge in [0.1, 0.15) is 0 Å². The first-order chi connectivity index (χ1) is 6.24. The number of aromatic nitrogens is 4. The summed E-state index contributed by atoms with van der Waals surface area (Å²) < 4.78 is 3.81. The van der Waals surface area contributed by atoms with Gasteiger partial charge < -0.3 is 9.88 Å². The Hall–Kier alpha value is -1.65. The quantitative estimate of drug-likeness (QED) is 0.617. The Balaban J connectivity index is 2.85. The molecule has 5 nitrogen and oxygen atoms in total. The first kappa shape index (κ1) is 7.97. The summed E-state index contributed by atoms with van der Waals surface area (Å²) in [7, 11) is 5.75. The maximum atomic E-state index is 4.27. The lowest BCUT2D eigenvalue weighted by molar-refractivity contribution is -0.659. The molecule has 0 spiro atoms. The van der Waals surface area contributed by atoms with Crippen LogP contribution in [0.5, 0.6) is 0 Å². The standard InChI is InChI=1S/C8H11N5/c1-9-7-6-8(11-5-12(7)2)13(3)4-10-6/h4-5H,1-3H3/p+1. The smallest absolute Gasteiger partial charge is 0.252 e. The van der Waals surface area contributed by atoms with E-state index in [1.807, 2.05) is 30.3 Å². The largest absolute Gasteiger partial charge is 0.306 e. The molecule has 0 aromatic carbocycles. The molecule has 2 rings (SSSR count). The zero-order valence-electron chi connectivity index (χ0n) is 7.94.